The molecule has 0 amide bonds. The maximum Gasteiger partial charge on any atom is 0.0973 e. The Morgan fingerprint density at radius 2 is 2.24 bits per heavy atom. The van der Waals surface area contributed by atoms with E-state index in [4.69, 9.17) is 0 Å². The standard InChI is InChI=1S/C15H19NO/c1-3-15(2,10-16)14(17)13-6-4-5-12(9-13)11-7-8-11/h4-6,9,11,14,17H,3,7-8H2,1-2H3. The molecule has 1 N–H and O–H groups in total. The van der Waals surface area contributed by atoms with E-state index in [2.05, 4.69) is 18.2 Å². The van der Waals surface area contributed by atoms with Crippen molar-refractivity contribution in [2.75, 3.05) is 0 Å². The van der Waals surface area contributed by atoms with Crippen molar-refractivity contribution in [2.24, 2.45) is 5.41 Å². The first-order valence-corrected chi connectivity index (χ1v) is 6.30. The van der Waals surface area contributed by atoms with Crippen LogP contribution >= 0.6 is 0 Å². The second kappa shape index (κ2) is 4.50. The van der Waals surface area contributed by atoms with E-state index in [0.29, 0.717) is 12.3 Å². The fourth-order valence-corrected chi connectivity index (χ4v) is 2.10. The normalized spacial score (nSPS) is 20.4. The molecular formula is C15H19NO. The van der Waals surface area contributed by atoms with Gasteiger partial charge in [0.25, 0.3) is 0 Å². The van der Waals surface area contributed by atoms with Crippen LogP contribution in [-0.4, -0.2) is 5.11 Å². The maximum atomic E-state index is 10.3. The molecule has 0 spiro atoms. The Hall–Kier alpha value is -1.33. The van der Waals surface area contributed by atoms with Crippen LogP contribution in [0.15, 0.2) is 24.3 Å². The molecule has 0 aliphatic heterocycles. The van der Waals surface area contributed by atoms with Crippen LogP contribution < -0.4 is 0 Å². The lowest BCUT2D eigenvalue weighted by Crippen LogP contribution is -2.23. The largest absolute Gasteiger partial charge is 0.387 e. The summed E-state index contributed by atoms with van der Waals surface area (Å²) < 4.78 is 0. The van der Waals surface area contributed by atoms with Gasteiger partial charge in [-0.15, -0.1) is 0 Å². The quantitative estimate of drug-likeness (QED) is 0.858. The van der Waals surface area contributed by atoms with Crippen molar-refractivity contribution in [3.63, 3.8) is 0 Å². The van der Waals surface area contributed by atoms with E-state index in [1.165, 1.54) is 18.4 Å². The molecule has 0 radical (unpaired) electrons. The van der Waals surface area contributed by atoms with Crippen LogP contribution in [0.25, 0.3) is 0 Å². The Bertz CT molecular complexity index is 444. The smallest absolute Gasteiger partial charge is 0.0973 e. The Morgan fingerprint density at radius 1 is 1.53 bits per heavy atom. The third-order valence-electron chi connectivity index (χ3n) is 3.87. The predicted molar refractivity (Wildman–Crippen MR) is 67.4 cm³/mol. The first-order valence-electron chi connectivity index (χ1n) is 6.30. The molecule has 90 valence electrons. The van der Waals surface area contributed by atoms with Gasteiger partial charge in [-0.25, -0.2) is 0 Å². The van der Waals surface area contributed by atoms with Gasteiger partial charge in [0.15, 0.2) is 0 Å². The molecule has 1 aliphatic carbocycles. The van der Waals surface area contributed by atoms with Crippen molar-refractivity contribution in [1.82, 2.24) is 0 Å². The summed E-state index contributed by atoms with van der Waals surface area (Å²) in [6, 6.07) is 10.3. The molecule has 1 aromatic rings. The molecular weight excluding hydrogens is 210 g/mol. The topological polar surface area (TPSA) is 44.0 Å². The van der Waals surface area contributed by atoms with Gasteiger partial charge in [-0.2, -0.15) is 5.26 Å². The summed E-state index contributed by atoms with van der Waals surface area (Å²) >= 11 is 0. The zero-order valence-corrected chi connectivity index (χ0v) is 10.5. The van der Waals surface area contributed by atoms with Crippen LogP contribution in [0.5, 0.6) is 0 Å². The fraction of sp³-hybridized carbons (Fsp3) is 0.533. The van der Waals surface area contributed by atoms with E-state index < -0.39 is 11.5 Å². The third-order valence-corrected chi connectivity index (χ3v) is 3.87. The lowest BCUT2D eigenvalue weighted by atomic mass is 9.79. The van der Waals surface area contributed by atoms with Crippen molar-refractivity contribution in [1.29, 1.82) is 5.26 Å². The number of rotatable bonds is 4. The number of benzene rings is 1. The molecule has 0 aromatic heterocycles. The van der Waals surface area contributed by atoms with Gasteiger partial charge >= 0.3 is 0 Å². The van der Waals surface area contributed by atoms with Crippen molar-refractivity contribution in [3.05, 3.63) is 35.4 Å². The van der Waals surface area contributed by atoms with E-state index in [1.807, 2.05) is 26.0 Å². The van der Waals surface area contributed by atoms with Gasteiger partial charge in [0.05, 0.1) is 17.6 Å². The van der Waals surface area contributed by atoms with Crippen LogP contribution in [0.3, 0.4) is 0 Å². The lowest BCUT2D eigenvalue weighted by molar-refractivity contribution is 0.0721. The van der Waals surface area contributed by atoms with Crippen LogP contribution in [0.4, 0.5) is 0 Å². The zero-order valence-electron chi connectivity index (χ0n) is 10.5. The molecule has 0 heterocycles. The first kappa shape index (κ1) is 12.1. The Balaban J connectivity index is 2.27. The Labute approximate surface area is 103 Å². The molecule has 2 rings (SSSR count). The highest BCUT2D eigenvalue weighted by Gasteiger charge is 2.33. The van der Waals surface area contributed by atoms with Crippen LogP contribution in [0.2, 0.25) is 0 Å². The summed E-state index contributed by atoms with van der Waals surface area (Å²) in [5.41, 5.74) is 1.49. The zero-order chi connectivity index (χ0) is 12.5. The molecule has 1 fully saturated rings. The summed E-state index contributed by atoms with van der Waals surface area (Å²) in [4.78, 5) is 0. The molecule has 0 saturated heterocycles. The molecule has 1 aromatic carbocycles. The van der Waals surface area contributed by atoms with Gasteiger partial charge in [0.1, 0.15) is 0 Å². The van der Waals surface area contributed by atoms with E-state index in [-0.39, 0.29) is 0 Å². The van der Waals surface area contributed by atoms with Crippen LogP contribution in [0, 0.1) is 16.7 Å². The van der Waals surface area contributed by atoms with E-state index >= 15 is 0 Å². The van der Waals surface area contributed by atoms with Crippen LogP contribution in [-0.2, 0) is 0 Å². The molecule has 2 nitrogen and oxygen atoms in total. The summed E-state index contributed by atoms with van der Waals surface area (Å²) in [5.74, 6) is 0.678. The van der Waals surface area contributed by atoms with Crippen molar-refractivity contribution in [3.8, 4) is 6.07 Å². The van der Waals surface area contributed by atoms with Gasteiger partial charge < -0.3 is 5.11 Å². The average molecular weight is 229 g/mol. The maximum absolute atomic E-state index is 10.3. The molecule has 1 aliphatic rings. The molecule has 0 bridgehead atoms. The highest BCUT2D eigenvalue weighted by Crippen LogP contribution is 2.42. The van der Waals surface area contributed by atoms with Gasteiger partial charge in [0, 0.05) is 0 Å². The fourth-order valence-electron chi connectivity index (χ4n) is 2.10. The van der Waals surface area contributed by atoms with Crippen molar-refractivity contribution >= 4 is 0 Å². The highest BCUT2D eigenvalue weighted by atomic mass is 16.3. The third kappa shape index (κ3) is 2.35. The minimum absolute atomic E-state index is 0.651. The minimum Gasteiger partial charge on any atom is -0.387 e. The van der Waals surface area contributed by atoms with Crippen molar-refractivity contribution < 1.29 is 5.11 Å². The molecule has 2 heteroatoms. The van der Waals surface area contributed by atoms with Crippen molar-refractivity contribution in [2.45, 2.75) is 45.1 Å². The molecule has 2 unspecified atom stereocenters. The summed E-state index contributed by atoms with van der Waals surface area (Å²) in [6.45, 7) is 3.76. The number of nitrogens with zero attached hydrogens (tertiary/aromatic N) is 1. The van der Waals surface area contributed by atoms with E-state index in [9.17, 15) is 10.4 Å². The molecule has 1 saturated carbocycles. The van der Waals surface area contributed by atoms with Crippen LogP contribution in [0.1, 0.15) is 56.3 Å². The number of nitriles is 1. The second-order valence-electron chi connectivity index (χ2n) is 5.23. The summed E-state index contributed by atoms with van der Waals surface area (Å²) in [6.07, 6.45) is 2.46. The number of aliphatic hydroxyl groups is 1. The number of hydrogen-bond donors (Lipinski definition) is 1. The van der Waals surface area contributed by atoms with Gasteiger partial charge in [-0.05, 0) is 43.2 Å². The minimum atomic E-state index is -0.698. The molecule has 17 heavy (non-hydrogen) atoms. The average Bonchev–Trinajstić information content (AvgIpc) is 3.21. The highest BCUT2D eigenvalue weighted by molar-refractivity contribution is 5.32. The Morgan fingerprint density at radius 3 is 2.76 bits per heavy atom. The summed E-state index contributed by atoms with van der Waals surface area (Å²) in [7, 11) is 0. The predicted octanol–water partition coefficient (Wildman–Crippen LogP) is 3.54. The first-order chi connectivity index (χ1) is 8.10. The monoisotopic (exact) mass is 229 g/mol. The van der Waals surface area contributed by atoms with E-state index in [0.717, 1.165) is 5.56 Å². The Kier molecular flexibility index (Phi) is 3.22. The number of hydrogen-bond acceptors (Lipinski definition) is 2. The van der Waals surface area contributed by atoms with Gasteiger partial charge in [0.2, 0.25) is 0 Å². The second-order valence-corrected chi connectivity index (χ2v) is 5.23. The SMILES string of the molecule is CCC(C)(C#N)C(O)c1cccc(C2CC2)c1. The molecule has 2 atom stereocenters. The lowest BCUT2D eigenvalue weighted by Gasteiger charge is -2.26. The van der Waals surface area contributed by atoms with E-state index in [1.54, 1.807) is 0 Å². The number of aliphatic hydroxyl groups excluding tert-OH is 1. The van der Waals surface area contributed by atoms with Gasteiger partial charge in [-0.1, -0.05) is 31.2 Å². The van der Waals surface area contributed by atoms with Gasteiger partial charge in [-0.3, -0.25) is 0 Å². The summed E-state index contributed by atoms with van der Waals surface area (Å²) in [5, 5.41) is 19.5.